The summed E-state index contributed by atoms with van der Waals surface area (Å²) in [5.41, 5.74) is 0.569. The lowest BCUT2D eigenvalue weighted by Gasteiger charge is -2.37. The van der Waals surface area contributed by atoms with Gasteiger partial charge in [0.15, 0.2) is 0 Å². The van der Waals surface area contributed by atoms with E-state index in [1.807, 2.05) is 0 Å². The highest BCUT2D eigenvalue weighted by molar-refractivity contribution is 6.23. The van der Waals surface area contributed by atoms with Crippen LogP contribution in [0.4, 0.5) is 23.7 Å². The topological polar surface area (TPSA) is 96.0 Å². The first-order chi connectivity index (χ1) is 17.1. The summed E-state index contributed by atoms with van der Waals surface area (Å²) in [5, 5.41) is 2.90. The number of halogens is 3. The van der Waals surface area contributed by atoms with Gasteiger partial charge in [-0.05, 0) is 61.3 Å². The van der Waals surface area contributed by atoms with Crippen molar-refractivity contribution < 1.29 is 37.1 Å². The zero-order valence-corrected chi connectivity index (χ0v) is 20.2. The molecule has 0 bridgehead atoms. The zero-order chi connectivity index (χ0) is 26.1. The molecule has 196 valence electrons. The third-order valence-corrected chi connectivity index (χ3v) is 7.65. The molecule has 0 spiro atoms. The lowest BCUT2D eigenvalue weighted by atomic mass is 9.72. The van der Waals surface area contributed by atoms with Crippen LogP contribution < -0.4 is 10.2 Å². The van der Waals surface area contributed by atoms with Gasteiger partial charge in [-0.2, -0.15) is 13.2 Å². The molecule has 2 aliphatic heterocycles. The van der Waals surface area contributed by atoms with Crippen LogP contribution in [-0.2, 0) is 32.0 Å². The van der Waals surface area contributed by atoms with E-state index in [-0.39, 0.29) is 44.7 Å². The van der Waals surface area contributed by atoms with Gasteiger partial charge in [0.1, 0.15) is 5.54 Å². The monoisotopic (exact) mass is 509 g/mol. The molecule has 1 N–H and O–H groups in total. The molecule has 2 fully saturated rings. The summed E-state index contributed by atoms with van der Waals surface area (Å²) in [7, 11) is 1.27. The Labute approximate surface area is 207 Å². The highest BCUT2D eigenvalue weighted by Gasteiger charge is 2.56. The summed E-state index contributed by atoms with van der Waals surface area (Å²) < 4.78 is 43.5. The molecule has 0 aromatic heterocycles. The number of amides is 4. The molecule has 4 rings (SSSR count). The van der Waals surface area contributed by atoms with Gasteiger partial charge in [-0.25, -0.2) is 9.69 Å². The molecule has 1 saturated heterocycles. The van der Waals surface area contributed by atoms with Gasteiger partial charge in [-0.15, -0.1) is 0 Å². The number of hydrogen-bond acceptors (Lipinski definition) is 5. The minimum atomic E-state index is -4.94. The number of esters is 1. The fourth-order valence-electron chi connectivity index (χ4n) is 5.71. The smallest absolute Gasteiger partial charge is 0.469 e. The van der Waals surface area contributed by atoms with Gasteiger partial charge in [-0.3, -0.25) is 14.4 Å². The first-order valence-corrected chi connectivity index (χ1v) is 12.3. The minimum absolute atomic E-state index is 0.0138. The minimum Gasteiger partial charge on any atom is -0.469 e. The lowest BCUT2D eigenvalue weighted by Crippen LogP contribution is -2.54. The highest BCUT2D eigenvalue weighted by atomic mass is 19.4. The van der Waals surface area contributed by atoms with E-state index < -0.39 is 35.5 Å². The van der Waals surface area contributed by atoms with Crippen molar-refractivity contribution in [2.45, 2.75) is 69.5 Å². The SMILES string of the molecule is COC(=O)CCC1(C2CCCCC2)NC(=O)N(c2ccc3c(c2)CCN(C(=O)C(F)(F)F)CC3)C1=O. The maximum Gasteiger partial charge on any atom is 0.471 e. The number of nitrogens with one attached hydrogen (secondary N) is 1. The molecule has 8 nitrogen and oxygen atoms in total. The van der Waals surface area contributed by atoms with Crippen LogP contribution in [0.15, 0.2) is 18.2 Å². The third kappa shape index (κ3) is 4.92. The molecule has 11 heteroatoms. The average molecular weight is 510 g/mol. The Hall–Kier alpha value is -3.11. The Morgan fingerprint density at radius 3 is 2.39 bits per heavy atom. The van der Waals surface area contributed by atoms with E-state index in [0.717, 1.165) is 47.5 Å². The number of urea groups is 1. The fourth-order valence-corrected chi connectivity index (χ4v) is 5.71. The molecule has 3 aliphatic rings. The molecule has 1 atom stereocenters. The lowest BCUT2D eigenvalue weighted by molar-refractivity contribution is -0.185. The first-order valence-electron chi connectivity index (χ1n) is 12.3. The summed E-state index contributed by atoms with van der Waals surface area (Å²) in [6.45, 7) is -0.174. The second-order valence-electron chi connectivity index (χ2n) is 9.70. The van der Waals surface area contributed by atoms with Crippen LogP contribution in [0.2, 0.25) is 0 Å². The summed E-state index contributed by atoms with van der Waals surface area (Å²) in [6.07, 6.45) is 0.0170. The predicted molar refractivity (Wildman–Crippen MR) is 123 cm³/mol. The maximum absolute atomic E-state index is 13.8. The van der Waals surface area contributed by atoms with Gasteiger partial charge in [-0.1, -0.05) is 25.3 Å². The van der Waals surface area contributed by atoms with E-state index in [0.29, 0.717) is 11.3 Å². The number of nitrogens with zero attached hydrogens (tertiary/aromatic N) is 2. The van der Waals surface area contributed by atoms with Gasteiger partial charge >= 0.3 is 24.1 Å². The second-order valence-corrected chi connectivity index (χ2v) is 9.70. The zero-order valence-electron chi connectivity index (χ0n) is 20.2. The number of methoxy groups -OCH3 is 1. The van der Waals surface area contributed by atoms with E-state index in [4.69, 9.17) is 4.74 Å². The molecule has 1 aliphatic carbocycles. The molecule has 4 amide bonds. The summed E-state index contributed by atoms with van der Waals surface area (Å²) >= 11 is 0. The van der Waals surface area contributed by atoms with Gasteiger partial charge in [0, 0.05) is 19.5 Å². The molecule has 1 unspecified atom stereocenters. The van der Waals surface area contributed by atoms with Gasteiger partial charge < -0.3 is 15.0 Å². The van der Waals surface area contributed by atoms with Crippen LogP contribution in [-0.4, -0.2) is 60.6 Å². The Bertz CT molecular complexity index is 1050. The number of carbonyl (C=O) groups is 4. The summed E-state index contributed by atoms with van der Waals surface area (Å²) in [4.78, 5) is 52.5. The molecular weight excluding hydrogens is 479 g/mol. The number of rotatable bonds is 5. The molecule has 1 aromatic rings. The highest BCUT2D eigenvalue weighted by Crippen LogP contribution is 2.41. The van der Waals surface area contributed by atoms with Crippen molar-refractivity contribution in [3.05, 3.63) is 29.3 Å². The van der Waals surface area contributed by atoms with Crippen molar-refractivity contribution in [2.75, 3.05) is 25.1 Å². The Morgan fingerprint density at radius 2 is 1.75 bits per heavy atom. The molecular formula is C25H30F3N3O5. The Kier molecular flexibility index (Phi) is 7.28. The van der Waals surface area contributed by atoms with E-state index >= 15 is 0 Å². The predicted octanol–water partition coefficient (Wildman–Crippen LogP) is 3.50. The van der Waals surface area contributed by atoms with Crippen LogP contribution in [0.1, 0.15) is 56.1 Å². The normalized spacial score (nSPS) is 23.2. The average Bonchev–Trinajstić information content (AvgIpc) is 2.99. The Balaban J connectivity index is 1.59. The number of benzene rings is 1. The van der Waals surface area contributed by atoms with Gasteiger partial charge in [0.25, 0.3) is 5.91 Å². The van der Waals surface area contributed by atoms with Crippen LogP contribution in [0.5, 0.6) is 0 Å². The standard InChI is InChI=1S/C25H30F3N3O5/c1-36-20(32)9-12-24(18-5-3-2-4-6-18)21(33)31(23(35)29-24)19-8-7-16-10-13-30(14-11-17(16)15-19)22(34)25(26,27)28/h7-8,15,18H,2-6,9-14H2,1H3,(H,29,35). The molecule has 1 aromatic carbocycles. The largest absolute Gasteiger partial charge is 0.471 e. The molecule has 36 heavy (non-hydrogen) atoms. The third-order valence-electron chi connectivity index (χ3n) is 7.65. The number of hydrogen-bond donors (Lipinski definition) is 1. The van der Waals surface area contributed by atoms with Gasteiger partial charge in [0.05, 0.1) is 12.8 Å². The molecule has 2 heterocycles. The number of carbonyl (C=O) groups excluding carboxylic acids is 4. The van der Waals surface area contributed by atoms with Crippen LogP contribution >= 0.6 is 0 Å². The van der Waals surface area contributed by atoms with E-state index in [9.17, 15) is 32.3 Å². The van der Waals surface area contributed by atoms with Crippen molar-refractivity contribution in [3.63, 3.8) is 0 Å². The summed E-state index contributed by atoms with van der Waals surface area (Å²) in [5.74, 6) is -2.87. The van der Waals surface area contributed by atoms with E-state index in [1.54, 1.807) is 18.2 Å². The van der Waals surface area contributed by atoms with Crippen molar-refractivity contribution in [1.82, 2.24) is 10.2 Å². The number of anilines is 1. The second kappa shape index (κ2) is 10.1. The Morgan fingerprint density at radius 1 is 1.08 bits per heavy atom. The van der Waals surface area contributed by atoms with Crippen LogP contribution in [0.3, 0.4) is 0 Å². The quantitative estimate of drug-likeness (QED) is 0.484. The van der Waals surface area contributed by atoms with E-state index in [2.05, 4.69) is 5.32 Å². The van der Waals surface area contributed by atoms with Crippen LogP contribution in [0.25, 0.3) is 0 Å². The van der Waals surface area contributed by atoms with Gasteiger partial charge in [0.2, 0.25) is 0 Å². The first kappa shape index (κ1) is 26.0. The fraction of sp³-hybridized carbons (Fsp3) is 0.600. The van der Waals surface area contributed by atoms with Crippen LogP contribution in [0, 0.1) is 5.92 Å². The van der Waals surface area contributed by atoms with Crippen molar-refractivity contribution >= 4 is 29.5 Å². The number of alkyl halides is 3. The molecule has 1 saturated carbocycles. The van der Waals surface area contributed by atoms with Crippen molar-refractivity contribution in [3.8, 4) is 0 Å². The van der Waals surface area contributed by atoms with E-state index in [1.165, 1.54) is 7.11 Å². The van der Waals surface area contributed by atoms with Crippen molar-refractivity contribution in [1.29, 1.82) is 0 Å². The number of imide groups is 1. The number of ether oxygens (including phenoxy) is 1. The number of fused-ring (bicyclic) bond motifs is 1. The summed E-state index contributed by atoms with van der Waals surface area (Å²) in [6, 6.07) is 4.36. The van der Waals surface area contributed by atoms with Crippen molar-refractivity contribution in [2.24, 2.45) is 5.92 Å². The molecule has 0 radical (unpaired) electrons. The maximum atomic E-state index is 13.8.